The Bertz CT molecular complexity index is 963. The number of hydrogen-bond donors (Lipinski definition) is 0. The summed E-state index contributed by atoms with van der Waals surface area (Å²) < 4.78 is 38.0. The zero-order chi connectivity index (χ0) is 26.0. The second kappa shape index (κ2) is 13.6. The van der Waals surface area contributed by atoms with Gasteiger partial charge in [-0.25, -0.2) is 0 Å². The lowest BCUT2D eigenvalue weighted by molar-refractivity contribution is -0.170. The number of para-hydroxylation sites is 3. The van der Waals surface area contributed by atoms with E-state index in [1.165, 1.54) is 50.9 Å². The first-order chi connectivity index (χ1) is 17.4. The lowest BCUT2D eigenvalue weighted by Gasteiger charge is -2.38. The van der Waals surface area contributed by atoms with Crippen molar-refractivity contribution in [3.63, 3.8) is 0 Å². The Hall–Kier alpha value is -2.70. The van der Waals surface area contributed by atoms with Gasteiger partial charge in [-0.05, 0) is 49.4 Å². The smallest absolute Gasteiger partial charge is 0.371 e. The number of unbranched alkanes of at least 4 members (excludes halogenated alkanes) is 4. The standard InChI is InChI=1S/C15H19F3N2O.C14H21N/c1-2-3-6-9-19-10-11-20(14(21)15(16,17)18)13-8-5-4-7-12(13)19;1-2-3-6-11-15-12-7-9-13-8-4-5-10-14(13)15/h4-5,7-8H,2-3,6,9-11H2,1H3;4-5,8,10H,2-3,6-7,9,11-12H2,1H3. The fourth-order valence-corrected chi connectivity index (χ4v) is 4.97. The van der Waals surface area contributed by atoms with Gasteiger partial charge in [-0.1, -0.05) is 69.9 Å². The summed E-state index contributed by atoms with van der Waals surface area (Å²) in [6, 6.07) is 15.7. The molecule has 2 aliphatic rings. The number of amides is 1. The molecule has 0 bridgehead atoms. The van der Waals surface area contributed by atoms with Crippen molar-refractivity contribution in [1.82, 2.24) is 0 Å². The number of anilines is 3. The van der Waals surface area contributed by atoms with E-state index in [9.17, 15) is 18.0 Å². The van der Waals surface area contributed by atoms with Crippen molar-refractivity contribution in [2.24, 2.45) is 0 Å². The first kappa shape index (κ1) is 27.9. The molecule has 2 aromatic rings. The van der Waals surface area contributed by atoms with Gasteiger partial charge in [-0.3, -0.25) is 4.79 Å². The van der Waals surface area contributed by atoms with E-state index in [1.807, 2.05) is 0 Å². The van der Waals surface area contributed by atoms with Crippen LogP contribution in [0, 0.1) is 0 Å². The number of fused-ring (bicyclic) bond motifs is 2. The minimum atomic E-state index is -4.84. The van der Waals surface area contributed by atoms with E-state index in [0.29, 0.717) is 17.9 Å². The van der Waals surface area contributed by atoms with E-state index in [1.54, 1.807) is 29.8 Å². The summed E-state index contributed by atoms with van der Waals surface area (Å²) >= 11 is 0. The fourth-order valence-electron chi connectivity index (χ4n) is 4.97. The summed E-state index contributed by atoms with van der Waals surface area (Å²) in [5, 5.41) is 0. The van der Waals surface area contributed by atoms with Gasteiger partial charge in [0.15, 0.2) is 0 Å². The van der Waals surface area contributed by atoms with Crippen LogP contribution in [0.25, 0.3) is 0 Å². The van der Waals surface area contributed by atoms with Gasteiger partial charge < -0.3 is 14.7 Å². The van der Waals surface area contributed by atoms with Crippen LogP contribution in [0.3, 0.4) is 0 Å². The number of aryl methyl sites for hydroxylation is 1. The van der Waals surface area contributed by atoms with Crippen LogP contribution in [0.2, 0.25) is 0 Å². The lowest BCUT2D eigenvalue weighted by Crippen LogP contribution is -2.49. The molecule has 0 aliphatic carbocycles. The molecular formula is C29H40F3N3O. The molecular weight excluding hydrogens is 463 g/mol. The number of hydrogen-bond acceptors (Lipinski definition) is 3. The minimum Gasteiger partial charge on any atom is -0.371 e. The largest absolute Gasteiger partial charge is 0.471 e. The van der Waals surface area contributed by atoms with Crippen molar-refractivity contribution < 1.29 is 18.0 Å². The van der Waals surface area contributed by atoms with E-state index in [-0.39, 0.29) is 6.54 Å². The van der Waals surface area contributed by atoms with Gasteiger partial charge in [0.1, 0.15) is 0 Å². The van der Waals surface area contributed by atoms with E-state index >= 15 is 0 Å². The number of benzene rings is 2. The molecule has 0 saturated heterocycles. The predicted molar refractivity (Wildman–Crippen MR) is 143 cm³/mol. The van der Waals surface area contributed by atoms with Crippen LogP contribution in [-0.2, 0) is 11.2 Å². The highest BCUT2D eigenvalue weighted by Crippen LogP contribution is 2.35. The van der Waals surface area contributed by atoms with Gasteiger partial charge in [0.05, 0.1) is 11.4 Å². The molecule has 0 fully saturated rings. The Kier molecular flexibility index (Phi) is 10.5. The number of alkyl halides is 3. The molecule has 0 atom stereocenters. The van der Waals surface area contributed by atoms with Gasteiger partial charge in [0, 0.05) is 38.4 Å². The highest BCUT2D eigenvalue weighted by molar-refractivity contribution is 6.01. The summed E-state index contributed by atoms with van der Waals surface area (Å²) in [6.07, 6.45) is 4.94. The van der Waals surface area contributed by atoms with Crippen LogP contribution >= 0.6 is 0 Å². The van der Waals surface area contributed by atoms with Gasteiger partial charge in [0.25, 0.3) is 0 Å². The third-order valence-electron chi connectivity index (χ3n) is 6.86. The minimum absolute atomic E-state index is 0.0709. The second-order valence-corrected chi connectivity index (χ2v) is 9.56. The number of rotatable bonds is 8. The van der Waals surface area contributed by atoms with E-state index in [0.717, 1.165) is 30.7 Å². The van der Waals surface area contributed by atoms with E-state index in [4.69, 9.17) is 0 Å². The van der Waals surface area contributed by atoms with Crippen molar-refractivity contribution >= 4 is 23.0 Å². The number of carbonyl (C=O) groups excluding carboxylic acids is 1. The van der Waals surface area contributed by atoms with Gasteiger partial charge in [-0.2, -0.15) is 13.2 Å². The molecule has 4 rings (SSSR count). The summed E-state index contributed by atoms with van der Waals surface area (Å²) in [5.41, 5.74) is 4.08. The summed E-state index contributed by atoms with van der Waals surface area (Å²) in [7, 11) is 0. The van der Waals surface area contributed by atoms with Crippen molar-refractivity contribution in [2.45, 2.75) is 71.4 Å². The normalized spacial score (nSPS) is 15.1. The molecule has 1 amide bonds. The summed E-state index contributed by atoms with van der Waals surface area (Å²) in [5.74, 6) is -1.79. The quantitative estimate of drug-likeness (QED) is 0.356. The van der Waals surface area contributed by atoms with E-state index in [2.05, 4.69) is 47.9 Å². The van der Waals surface area contributed by atoms with Crippen molar-refractivity contribution in [2.75, 3.05) is 47.4 Å². The summed E-state index contributed by atoms with van der Waals surface area (Å²) in [4.78, 5) is 17.0. The van der Waals surface area contributed by atoms with Crippen LogP contribution in [0.1, 0.15) is 64.4 Å². The molecule has 2 aliphatic heterocycles. The molecule has 2 aromatic carbocycles. The molecule has 4 nitrogen and oxygen atoms in total. The number of carbonyl (C=O) groups is 1. The average molecular weight is 504 g/mol. The van der Waals surface area contributed by atoms with Crippen LogP contribution in [0.15, 0.2) is 48.5 Å². The molecule has 0 N–H and O–H groups in total. The Morgan fingerprint density at radius 2 is 1.31 bits per heavy atom. The predicted octanol–water partition coefficient (Wildman–Crippen LogP) is 7.22. The van der Waals surface area contributed by atoms with Gasteiger partial charge >= 0.3 is 12.1 Å². The SMILES string of the molecule is CCCCCN1CCCc2ccccc21.CCCCCN1CCN(C(=O)C(F)(F)F)c2ccccc21. The highest BCUT2D eigenvalue weighted by Gasteiger charge is 2.44. The topological polar surface area (TPSA) is 26.8 Å². The first-order valence-corrected chi connectivity index (χ1v) is 13.4. The Morgan fingerprint density at radius 3 is 1.92 bits per heavy atom. The third kappa shape index (κ3) is 7.40. The number of nitrogens with zero attached hydrogens (tertiary/aromatic N) is 3. The Morgan fingerprint density at radius 1 is 0.750 bits per heavy atom. The zero-order valence-electron chi connectivity index (χ0n) is 21.7. The van der Waals surface area contributed by atoms with Crippen molar-refractivity contribution in [3.05, 3.63) is 54.1 Å². The molecule has 0 saturated carbocycles. The summed E-state index contributed by atoms with van der Waals surface area (Å²) in [6.45, 7) is 8.17. The molecule has 0 spiro atoms. The van der Waals surface area contributed by atoms with Crippen molar-refractivity contribution in [1.29, 1.82) is 0 Å². The second-order valence-electron chi connectivity index (χ2n) is 9.56. The molecule has 0 aromatic heterocycles. The average Bonchev–Trinajstić information content (AvgIpc) is 2.88. The Balaban J connectivity index is 0.000000212. The zero-order valence-corrected chi connectivity index (χ0v) is 21.7. The van der Waals surface area contributed by atoms with Gasteiger partial charge in [0.2, 0.25) is 0 Å². The molecule has 2 heterocycles. The maximum Gasteiger partial charge on any atom is 0.471 e. The van der Waals surface area contributed by atoms with Crippen LogP contribution < -0.4 is 14.7 Å². The van der Waals surface area contributed by atoms with E-state index < -0.39 is 12.1 Å². The van der Waals surface area contributed by atoms with Crippen LogP contribution in [0.5, 0.6) is 0 Å². The monoisotopic (exact) mass is 503 g/mol. The molecule has 0 radical (unpaired) electrons. The maximum atomic E-state index is 12.7. The van der Waals surface area contributed by atoms with Crippen LogP contribution in [-0.4, -0.2) is 44.8 Å². The molecule has 198 valence electrons. The first-order valence-electron chi connectivity index (χ1n) is 13.4. The third-order valence-corrected chi connectivity index (χ3v) is 6.86. The number of halogens is 3. The molecule has 36 heavy (non-hydrogen) atoms. The lowest BCUT2D eigenvalue weighted by atomic mass is 10.0. The molecule has 0 unspecified atom stereocenters. The van der Waals surface area contributed by atoms with Gasteiger partial charge in [-0.15, -0.1) is 0 Å². The molecule has 7 heteroatoms. The highest BCUT2D eigenvalue weighted by atomic mass is 19.4. The van der Waals surface area contributed by atoms with Crippen molar-refractivity contribution in [3.8, 4) is 0 Å². The fraction of sp³-hybridized carbons (Fsp3) is 0.552. The van der Waals surface area contributed by atoms with Crippen LogP contribution in [0.4, 0.5) is 30.2 Å². The maximum absolute atomic E-state index is 12.7. The Labute approximate surface area is 214 Å².